The van der Waals surface area contributed by atoms with Crippen molar-refractivity contribution < 1.29 is 0 Å². The van der Waals surface area contributed by atoms with Gasteiger partial charge in [-0.25, -0.2) is 0 Å². The molecule has 0 bridgehead atoms. The molecule has 0 aliphatic rings. The Hall–Kier alpha value is -0.980. The van der Waals surface area contributed by atoms with Gasteiger partial charge in [-0.2, -0.15) is 0 Å². The Kier molecular flexibility index (Phi) is 5.04. The number of hydrogen-bond acceptors (Lipinski definition) is 1. The van der Waals surface area contributed by atoms with Gasteiger partial charge in [0.2, 0.25) is 0 Å². The van der Waals surface area contributed by atoms with E-state index >= 15 is 0 Å². The fraction of sp³-hybridized carbons (Fsp3) is 0.625. The summed E-state index contributed by atoms with van der Waals surface area (Å²) in [7, 11) is 0. The number of nitrogens with one attached hydrogen (secondary N) is 1. The molecule has 0 aromatic heterocycles. The molecule has 0 amide bonds. The van der Waals surface area contributed by atoms with Gasteiger partial charge in [0.1, 0.15) is 0 Å². The van der Waals surface area contributed by atoms with E-state index in [1.54, 1.807) is 0 Å². The van der Waals surface area contributed by atoms with Crippen LogP contribution < -0.4 is 5.32 Å². The quantitative estimate of drug-likeness (QED) is 0.718. The van der Waals surface area contributed by atoms with Crippen LogP contribution >= 0.6 is 0 Å². The molecule has 0 unspecified atom stereocenters. The predicted octanol–water partition coefficient (Wildman–Crippen LogP) is 4.83. The van der Waals surface area contributed by atoms with Gasteiger partial charge < -0.3 is 5.32 Å². The third kappa shape index (κ3) is 5.25. The lowest BCUT2D eigenvalue weighted by molar-refractivity contribution is 0.567. The van der Waals surface area contributed by atoms with Gasteiger partial charge in [0, 0.05) is 12.2 Å². The zero-order valence-corrected chi connectivity index (χ0v) is 12.0. The van der Waals surface area contributed by atoms with E-state index < -0.39 is 0 Å². The number of benzene rings is 1. The Morgan fingerprint density at radius 3 is 2.12 bits per heavy atom. The molecule has 1 rings (SSSR count). The summed E-state index contributed by atoms with van der Waals surface area (Å²) >= 11 is 0. The molecule has 1 N–H and O–H groups in total. The van der Waals surface area contributed by atoms with Crippen molar-refractivity contribution in [2.45, 2.75) is 52.9 Å². The summed E-state index contributed by atoms with van der Waals surface area (Å²) in [5.41, 5.74) is 2.88. The summed E-state index contributed by atoms with van der Waals surface area (Å²) in [6, 6.07) is 8.83. The second-order valence-corrected chi connectivity index (χ2v) is 6.29. The van der Waals surface area contributed by atoms with Crippen LogP contribution in [-0.2, 0) is 5.41 Å². The molecular weight excluding hydrogens is 206 g/mol. The van der Waals surface area contributed by atoms with Crippen molar-refractivity contribution in [2.24, 2.45) is 5.92 Å². The standard InChI is InChI=1S/C16H27N/c1-13(2)7-6-12-17-15-10-8-14(9-11-15)16(3,4)5/h8-11,13,17H,6-7,12H2,1-5H3. The van der Waals surface area contributed by atoms with Gasteiger partial charge >= 0.3 is 0 Å². The summed E-state index contributed by atoms with van der Waals surface area (Å²) in [5.74, 6) is 0.806. The molecule has 96 valence electrons. The molecular formula is C16H27N. The molecule has 0 radical (unpaired) electrons. The van der Waals surface area contributed by atoms with Gasteiger partial charge in [0.05, 0.1) is 0 Å². The summed E-state index contributed by atoms with van der Waals surface area (Å²) in [5, 5.41) is 3.48. The molecule has 0 fully saturated rings. The third-order valence-corrected chi connectivity index (χ3v) is 3.04. The first-order valence-electron chi connectivity index (χ1n) is 6.74. The van der Waals surface area contributed by atoms with Crippen LogP contribution in [0, 0.1) is 5.92 Å². The summed E-state index contributed by atoms with van der Waals surface area (Å²) in [4.78, 5) is 0. The van der Waals surface area contributed by atoms with Gasteiger partial charge in [-0.05, 0) is 41.9 Å². The van der Waals surface area contributed by atoms with E-state index in [4.69, 9.17) is 0 Å². The van der Waals surface area contributed by atoms with E-state index in [2.05, 4.69) is 64.2 Å². The van der Waals surface area contributed by atoms with Crippen molar-refractivity contribution in [1.29, 1.82) is 0 Å². The average molecular weight is 233 g/mol. The van der Waals surface area contributed by atoms with Gasteiger partial charge in [-0.15, -0.1) is 0 Å². The third-order valence-electron chi connectivity index (χ3n) is 3.04. The van der Waals surface area contributed by atoms with Crippen LogP contribution in [0.4, 0.5) is 5.69 Å². The first-order valence-corrected chi connectivity index (χ1v) is 6.74. The smallest absolute Gasteiger partial charge is 0.0340 e. The number of rotatable bonds is 5. The maximum absolute atomic E-state index is 3.48. The molecule has 0 heterocycles. The Labute approximate surface area is 107 Å². The van der Waals surface area contributed by atoms with Crippen molar-refractivity contribution in [3.05, 3.63) is 29.8 Å². The minimum atomic E-state index is 0.246. The number of anilines is 1. The largest absolute Gasteiger partial charge is 0.385 e. The topological polar surface area (TPSA) is 12.0 Å². The minimum absolute atomic E-state index is 0.246. The van der Waals surface area contributed by atoms with Crippen LogP contribution in [0.2, 0.25) is 0 Å². The second-order valence-electron chi connectivity index (χ2n) is 6.29. The molecule has 1 aromatic rings. The van der Waals surface area contributed by atoms with E-state index in [-0.39, 0.29) is 5.41 Å². The first-order chi connectivity index (χ1) is 7.89. The lowest BCUT2D eigenvalue weighted by Gasteiger charge is -2.19. The predicted molar refractivity (Wildman–Crippen MR) is 77.7 cm³/mol. The maximum Gasteiger partial charge on any atom is 0.0340 e. The van der Waals surface area contributed by atoms with Crippen molar-refractivity contribution in [1.82, 2.24) is 0 Å². The van der Waals surface area contributed by atoms with Crippen molar-refractivity contribution in [3.8, 4) is 0 Å². The lowest BCUT2D eigenvalue weighted by Crippen LogP contribution is -2.11. The molecule has 0 aliphatic carbocycles. The van der Waals surface area contributed by atoms with Crippen LogP contribution in [0.5, 0.6) is 0 Å². The summed E-state index contributed by atoms with van der Waals surface area (Å²) in [6.45, 7) is 12.4. The molecule has 0 aliphatic heterocycles. The molecule has 0 atom stereocenters. The Morgan fingerprint density at radius 2 is 1.65 bits per heavy atom. The lowest BCUT2D eigenvalue weighted by atomic mass is 9.87. The Bertz CT molecular complexity index is 316. The van der Waals surface area contributed by atoms with E-state index in [0.717, 1.165) is 12.5 Å². The second kappa shape index (κ2) is 6.09. The normalized spacial score (nSPS) is 11.9. The van der Waals surface area contributed by atoms with Crippen molar-refractivity contribution in [2.75, 3.05) is 11.9 Å². The Morgan fingerprint density at radius 1 is 1.06 bits per heavy atom. The van der Waals surface area contributed by atoms with Crippen LogP contribution in [0.3, 0.4) is 0 Å². The van der Waals surface area contributed by atoms with Crippen molar-refractivity contribution in [3.63, 3.8) is 0 Å². The molecule has 1 nitrogen and oxygen atoms in total. The molecule has 1 aromatic carbocycles. The van der Waals surface area contributed by atoms with Gasteiger partial charge in [0.15, 0.2) is 0 Å². The number of hydrogen-bond donors (Lipinski definition) is 1. The van der Waals surface area contributed by atoms with Crippen LogP contribution in [-0.4, -0.2) is 6.54 Å². The maximum atomic E-state index is 3.48. The van der Waals surface area contributed by atoms with E-state index in [1.165, 1.54) is 24.1 Å². The van der Waals surface area contributed by atoms with Crippen molar-refractivity contribution >= 4 is 5.69 Å². The SMILES string of the molecule is CC(C)CCCNc1ccc(C(C)(C)C)cc1. The molecule has 1 heteroatoms. The highest BCUT2D eigenvalue weighted by molar-refractivity contribution is 5.45. The van der Waals surface area contributed by atoms with Crippen LogP contribution in [0.1, 0.15) is 53.0 Å². The highest BCUT2D eigenvalue weighted by Gasteiger charge is 2.12. The zero-order valence-electron chi connectivity index (χ0n) is 12.0. The average Bonchev–Trinajstić information content (AvgIpc) is 2.23. The van der Waals surface area contributed by atoms with Gasteiger partial charge in [-0.3, -0.25) is 0 Å². The summed E-state index contributed by atoms with van der Waals surface area (Å²) in [6.07, 6.45) is 2.55. The van der Waals surface area contributed by atoms with E-state index in [0.29, 0.717) is 0 Å². The summed E-state index contributed by atoms with van der Waals surface area (Å²) < 4.78 is 0. The molecule has 0 saturated heterocycles. The van der Waals surface area contributed by atoms with E-state index in [9.17, 15) is 0 Å². The van der Waals surface area contributed by atoms with Gasteiger partial charge in [-0.1, -0.05) is 46.8 Å². The molecule has 0 spiro atoms. The molecule has 17 heavy (non-hydrogen) atoms. The minimum Gasteiger partial charge on any atom is -0.385 e. The Balaban J connectivity index is 2.41. The first kappa shape index (κ1) is 14.1. The van der Waals surface area contributed by atoms with Crippen LogP contribution in [0.25, 0.3) is 0 Å². The molecule has 0 saturated carbocycles. The van der Waals surface area contributed by atoms with Gasteiger partial charge in [0.25, 0.3) is 0 Å². The highest BCUT2D eigenvalue weighted by atomic mass is 14.9. The van der Waals surface area contributed by atoms with E-state index in [1.807, 2.05) is 0 Å². The zero-order chi connectivity index (χ0) is 12.9. The fourth-order valence-corrected chi connectivity index (χ4v) is 1.83. The van der Waals surface area contributed by atoms with Crippen LogP contribution in [0.15, 0.2) is 24.3 Å². The monoisotopic (exact) mass is 233 g/mol. The highest BCUT2D eigenvalue weighted by Crippen LogP contribution is 2.23. The fourth-order valence-electron chi connectivity index (χ4n) is 1.83.